The Bertz CT molecular complexity index is 1460. The second kappa shape index (κ2) is 5.42. The van der Waals surface area contributed by atoms with Crippen LogP contribution in [0.25, 0.3) is 43.6 Å². The predicted molar refractivity (Wildman–Crippen MR) is 118 cm³/mol. The normalized spacial score (nSPS) is 12.7. The Morgan fingerprint density at radius 2 is 1.50 bits per heavy atom. The Balaban J connectivity index is 1.86. The molecule has 28 heavy (non-hydrogen) atoms. The van der Waals surface area contributed by atoms with Crippen LogP contribution in [0.1, 0.15) is 22.3 Å². The molecule has 134 valence electrons. The molecule has 6 rings (SSSR count). The Labute approximate surface area is 164 Å². The number of hydrogen-bond donors (Lipinski definition) is 0. The highest BCUT2D eigenvalue weighted by molar-refractivity contribution is 6.29. The van der Waals surface area contributed by atoms with Gasteiger partial charge in [0, 0.05) is 17.7 Å². The van der Waals surface area contributed by atoms with Crippen molar-refractivity contribution in [2.24, 2.45) is 7.05 Å². The van der Waals surface area contributed by atoms with Gasteiger partial charge >= 0.3 is 0 Å². The second-order valence-corrected chi connectivity index (χ2v) is 8.21. The first-order chi connectivity index (χ1) is 13.6. The number of aromatic nitrogens is 1. The topological polar surface area (TPSA) is 3.88 Å². The summed E-state index contributed by atoms with van der Waals surface area (Å²) in [6.07, 6.45) is 3.21. The summed E-state index contributed by atoms with van der Waals surface area (Å²) in [5.41, 5.74) is 8.33. The zero-order valence-electron chi connectivity index (χ0n) is 16.5. The molecule has 1 heterocycles. The van der Waals surface area contributed by atoms with E-state index in [2.05, 4.69) is 92.3 Å². The van der Waals surface area contributed by atoms with Crippen LogP contribution in [0.2, 0.25) is 0 Å². The van der Waals surface area contributed by atoms with Crippen LogP contribution >= 0.6 is 0 Å². The van der Waals surface area contributed by atoms with Gasteiger partial charge in [-0.15, -0.1) is 0 Å². The minimum absolute atomic E-state index is 1.04. The smallest absolute Gasteiger partial charge is 0.201 e. The lowest BCUT2D eigenvalue weighted by Gasteiger charge is -2.14. The average Bonchev–Trinajstić information content (AvgIpc) is 3.11. The molecule has 1 aliphatic carbocycles. The summed E-state index contributed by atoms with van der Waals surface area (Å²) in [7, 11) is 2.15. The Hall–Kier alpha value is -3.19. The number of hydrogen-bond acceptors (Lipinski definition) is 0. The van der Waals surface area contributed by atoms with Crippen LogP contribution in [0.4, 0.5) is 0 Å². The molecule has 0 fully saturated rings. The van der Waals surface area contributed by atoms with Crippen molar-refractivity contribution in [3.05, 3.63) is 89.1 Å². The van der Waals surface area contributed by atoms with Crippen LogP contribution in [-0.2, 0) is 13.5 Å². The molecule has 0 saturated heterocycles. The minimum atomic E-state index is 1.04. The van der Waals surface area contributed by atoms with Gasteiger partial charge in [-0.1, -0.05) is 42.5 Å². The molecule has 1 nitrogen and oxygen atoms in total. The SMILES string of the molecule is Cc1cc[n+](C)c(-c2cc3c4ccccc4c4cccc5c4c3c(c2C)C5)c1. The summed E-state index contributed by atoms with van der Waals surface area (Å²) in [5, 5.41) is 8.46. The van der Waals surface area contributed by atoms with Crippen molar-refractivity contribution in [3.8, 4) is 11.3 Å². The van der Waals surface area contributed by atoms with Gasteiger partial charge in [-0.05, 0) is 80.9 Å². The fraction of sp³-hybridized carbons (Fsp3) is 0.148. The fourth-order valence-corrected chi connectivity index (χ4v) is 5.18. The Kier molecular flexibility index (Phi) is 3.06. The molecule has 0 aliphatic heterocycles. The molecule has 0 radical (unpaired) electrons. The monoisotopic (exact) mass is 360 g/mol. The van der Waals surface area contributed by atoms with Crippen LogP contribution < -0.4 is 4.57 Å². The van der Waals surface area contributed by atoms with E-state index in [1.165, 1.54) is 65.8 Å². The molecular formula is C27H22N+. The average molecular weight is 360 g/mol. The van der Waals surface area contributed by atoms with E-state index in [1.54, 1.807) is 0 Å². The van der Waals surface area contributed by atoms with E-state index in [1.807, 2.05) is 0 Å². The Morgan fingerprint density at radius 1 is 0.750 bits per heavy atom. The van der Waals surface area contributed by atoms with E-state index >= 15 is 0 Å². The number of benzene rings is 4. The van der Waals surface area contributed by atoms with Crippen molar-refractivity contribution in [1.82, 2.24) is 0 Å². The van der Waals surface area contributed by atoms with E-state index in [0.717, 1.165) is 6.42 Å². The molecule has 1 aliphatic rings. The number of fused-ring (bicyclic) bond motifs is 3. The predicted octanol–water partition coefficient (Wildman–Crippen LogP) is 6.16. The van der Waals surface area contributed by atoms with E-state index in [-0.39, 0.29) is 0 Å². The van der Waals surface area contributed by atoms with Crippen LogP contribution in [0.5, 0.6) is 0 Å². The molecule has 5 aromatic rings. The molecule has 4 aromatic carbocycles. The maximum absolute atomic E-state index is 2.44. The maximum atomic E-state index is 2.44. The lowest BCUT2D eigenvalue weighted by atomic mass is 9.89. The molecule has 1 heteroatoms. The van der Waals surface area contributed by atoms with Gasteiger partial charge in [0.2, 0.25) is 5.69 Å². The van der Waals surface area contributed by atoms with Gasteiger partial charge in [0.05, 0.1) is 0 Å². The highest BCUT2D eigenvalue weighted by Crippen LogP contribution is 2.46. The Morgan fingerprint density at radius 3 is 2.32 bits per heavy atom. The van der Waals surface area contributed by atoms with Gasteiger partial charge in [-0.3, -0.25) is 0 Å². The summed E-state index contributed by atoms with van der Waals surface area (Å²) in [4.78, 5) is 0. The van der Waals surface area contributed by atoms with Gasteiger partial charge in [-0.2, -0.15) is 0 Å². The summed E-state index contributed by atoms with van der Waals surface area (Å²) in [5.74, 6) is 0. The molecule has 0 spiro atoms. The second-order valence-electron chi connectivity index (χ2n) is 8.21. The van der Waals surface area contributed by atoms with Crippen molar-refractivity contribution >= 4 is 32.3 Å². The van der Waals surface area contributed by atoms with Gasteiger partial charge < -0.3 is 0 Å². The van der Waals surface area contributed by atoms with Crippen LogP contribution in [0.15, 0.2) is 66.9 Å². The fourth-order valence-electron chi connectivity index (χ4n) is 5.18. The van der Waals surface area contributed by atoms with Crippen LogP contribution in [0.3, 0.4) is 0 Å². The summed E-state index contributed by atoms with van der Waals surface area (Å²) < 4.78 is 2.25. The van der Waals surface area contributed by atoms with E-state index in [9.17, 15) is 0 Å². The molecule has 0 bridgehead atoms. The number of rotatable bonds is 1. The summed E-state index contributed by atoms with van der Waals surface area (Å²) in [6.45, 7) is 4.48. The van der Waals surface area contributed by atoms with Crippen LogP contribution in [0, 0.1) is 13.8 Å². The van der Waals surface area contributed by atoms with Gasteiger partial charge in [0.15, 0.2) is 6.20 Å². The van der Waals surface area contributed by atoms with Crippen molar-refractivity contribution < 1.29 is 4.57 Å². The highest BCUT2D eigenvalue weighted by Gasteiger charge is 2.25. The van der Waals surface area contributed by atoms with Gasteiger partial charge in [0.1, 0.15) is 7.05 Å². The zero-order valence-corrected chi connectivity index (χ0v) is 16.5. The number of aryl methyl sites for hydroxylation is 2. The molecule has 0 N–H and O–H groups in total. The summed E-state index contributed by atoms with van der Waals surface area (Å²) in [6, 6.07) is 22.6. The largest absolute Gasteiger partial charge is 0.212 e. The standard InChI is InChI=1S/C27H22N/c1-16-11-12-28(3)25(13-16)22-15-24-20-9-5-4-8-19(20)21-10-6-7-18-14-23(17(22)2)27(24)26(18)21/h4-13,15H,14H2,1-3H3/q+1. The molecule has 0 atom stereocenters. The van der Waals surface area contributed by atoms with E-state index in [4.69, 9.17) is 0 Å². The van der Waals surface area contributed by atoms with E-state index < -0.39 is 0 Å². The number of pyridine rings is 1. The van der Waals surface area contributed by atoms with Crippen LogP contribution in [-0.4, -0.2) is 0 Å². The first-order valence-electron chi connectivity index (χ1n) is 9.98. The highest BCUT2D eigenvalue weighted by atomic mass is 14.9. The van der Waals surface area contributed by atoms with Crippen molar-refractivity contribution in [1.29, 1.82) is 0 Å². The quantitative estimate of drug-likeness (QED) is 0.244. The van der Waals surface area contributed by atoms with E-state index in [0.29, 0.717) is 0 Å². The number of nitrogens with zero attached hydrogens (tertiary/aromatic N) is 1. The van der Waals surface area contributed by atoms with Crippen molar-refractivity contribution in [2.45, 2.75) is 20.3 Å². The third-order valence-electron chi connectivity index (χ3n) is 6.57. The minimum Gasteiger partial charge on any atom is -0.201 e. The summed E-state index contributed by atoms with van der Waals surface area (Å²) >= 11 is 0. The molecular weight excluding hydrogens is 338 g/mol. The lowest BCUT2D eigenvalue weighted by molar-refractivity contribution is -0.660. The van der Waals surface area contributed by atoms with Crippen molar-refractivity contribution in [2.75, 3.05) is 0 Å². The molecule has 1 aromatic heterocycles. The maximum Gasteiger partial charge on any atom is 0.212 e. The van der Waals surface area contributed by atoms with Crippen molar-refractivity contribution in [3.63, 3.8) is 0 Å². The third kappa shape index (κ3) is 1.94. The lowest BCUT2D eigenvalue weighted by Crippen LogP contribution is -2.30. The zero-order chi connectivity index (χ0) is 19.0. The third-order valence-corrected chi connectivity index (χ3v) is 6.57. The first-order valence-corrected chi connectivity index (χ1v) is 9.98. The van der Waals surface area contributed by atoms with Gasteiger partial charge in [0.25, 0.3) is 0 Å². The first kappa shape index (κ1) is 15.8. The molecule has 0 amide bonds. The van der Waals surface area contributed by atoms with Gasteiger partial charge in [-0.25, -0.2) is 4.57 Å². The molecule has 0 unspecified atom stereocenters. The molecule has 0 saturated carbocycles.